The zero-order valence-corrected chi connectivity index (χ0v) is 10.5. The molecule has 0 aromatic heterocycles. The van der Waals surface area contributed by atoms with Crippen molar-refractivity contribution in [3.05, 3.63) is 28.8 Å². The van der Waals surface area contributed by atoms with E-state index in [9.17, 15) is 8.42 Å². The Balaban J connectivity index is 2.33. The van der Waals surface area contributed by atoms with Gasteiger partial charge in [-0.1, -0.05) is 17.7 Å². The maximum absolute atomic E-state index is 12.1. The third-order valence-electron chi connectivity index (χ3n) is 2.63. The normalized spacial score (nSPS) is 16.8. The van der Waals surface area contributed by atoms with Gasteiger partial charge in [0.1, 0.15) is 5.25 Å². The molecule has 0 aliphatic carbocycles. The highest BCUT2D eigenvalue weighted by molar-refractivity contribution is 7.92. The Bertz CT molecular complexity index is 513. The Morgan fingerprint density at radius 1 is 1.47 bits per heavy atom. The minimum absolute atomic E-state index is 0.120. The molecule has 0 amide bonds. The molecule has 0 radical (unpaired) electrons. The van der Waals surface area contributed by atoms with Crippen LogP contribution in [0.4, 0.5) is 0 Å². The largest absolute Gasteiger partial charge is 0.379 e. The summed E-state index contributed by atoms with van der Waals surface area (Å²) in [5.41, 5.74) is 2.70. The first-order valence-electron chi connectivity index (χ1n) is 5.02. The molecule has 1 aliphatic rings. The molecule has 2 rings (SSSR count). The summed E-state index contributed by atoms with van der Waals surface area (Å²) in [6.07, 6.45) is 0. The van der Waals surface area contributed by atoms with E-state index in [0.29, 0.717) is 5.56 Å². The van der Waals surface area contributed by atoms with Gasteiger partial charge in [-0.3, -0.25) is 0 Å². The van der Waals surface area contributed by atoms with E-state index in [1.54, 1.807) is 6.07 Å². The number of ether oxygens (including phenoxy) is 1. The van der Waals surface area contributed by atoms with Crippen LogP contribution in [0.5, 0.6) is 0 Å². The summed E-state index contributed by atoms with van der Waals surface area (Å²) < 4.78 is 29.0. The van der Waals surface area contributed by atoms with Crippen LogP contribution in [-0.2, 0) is 21.1 Å². The highest BCUT2D eigenvalue weighted by Gasteiger charge is 2.35. The molecule has 1 aromatic carbocycles. The van der Waals surface area contributed by atoms with E-state index >= 15 is 0 Å². The van der Waals surface area contributed by atoms with E-state index in [-0.39, 0.29) is 29.7 Å². The van der Waals surface area contributed by atoms with Gasteiger partial charge in [0.15, 0.2) is 9.84 Å². The average Bonchev–Trinajstić information content (AvgIpc) is 2.13. The van der Waals surface area contributed by atoms with Crippen LogP contribution in [-0.4, -0.2) is 32.1 Å². The standard InChI is InChI=1S/C10H12ClNO4S/c11-9-3-7(4-12-13)1-2-10(9)17(14,15)8-5-16-6-8/h1-3,8,12-13H,4-6H2. The quantitative estimate of drug-likeness (QED) is 0.803. The number of sulfone groups is 1. The predicted octanol–water partition coefficient (Wildman–Crippen LogP) is 0.991. The molecule has 7 heteroatoms. The third-order valence-corrected chi connectivity index (χ3v) is 5.18. The zero-order chi connectivity index (χ0) is 12.5. The van der Waals surface area contributed by atoms with Gasteiger partial charge < -0.3 is 9.94 Å². The van der Waals surface area contributed by atoms with Crippen LogP contribution in [0.1, 0.15) is 5.56 Å². The molecule has 1 fully saturated rings. The number of hydrogen-bond acceptors (Lipinski definition) is 5. The maximum Gasteiger partial charge on any atom is 0.187 e. The van der Waals surface area contributed by atoms with Gasteiger partial charge in [0.25, 0.3) is 0 Å². The lowest BCUT2D eigenvalue weighted by Crippen LogP contribution is -2.40. The van der Waals surface area contributed by atoms with Crippen molar-refractivity contribution in [1.29, 1.82) is 0 Å². The van der Waals surface area contributed by atoms with Crippen LogP contribution in [0.25, 0.3) is 0 Å². The minimum Gasteiger partial charge on any atom is -0.379 e. The van der Waals surface area contributed by atoms with Crippen LogP contribution < -0.4 is 5.48 Å². The van der Waals surface area contributed by atoms with Crippen LogP contribution >= 0.6 is 11.6 Å². The van der Waals surface area contributed by atoms with Gasteiger partial charge in [-0.05, 0) is 17.7 Å². The first kappa shape index (κ1) is 12.8. The first-order valence-corrected chi connectivity index (χ1v) is 6.95. The molecule has 0 spiro atoms. The fourth-order valence-electron chi connectivity index (χ4n) is 1.55. The lowest BCUT2D eigenvalue weighted by molar-refractivity contribution is 0.0416. The number of halogens is 1. The minimum atomic E-state index is -3.40. The molecule has 1 heterocycles. The van der Waals surface area contributed by atoms with Gasteiger partial charge in [0.05, 0.1) is 23.1 Å². The Hall–Kier alpha value is -0.660. The molecule has 0 unspecified atom stereocenters. The Morgan fingerprint density at radius 3 is 2.65 bits per heavy atom. The Morgan fingerprint density at radius 2 is 2.18 bits per heavy atom. The van der Waals surface area contributed by atoms with E-state index in [4.69, 9.17) is 21.5 Å². The summed E-state index contributed by atoms with van der Waals surface area (Å²) in [6, 6.07) is 4.60. The topological polar surface area (TPSA) is 75.6 Å². The summed E-state index contributed by atoms with van der Waals surface area (Å²) in [5, 5.41) is 8.22. The van der Waals surface area contributed by atoms with Crippen molar-refractivity contribution in [2.75, 3.05) is 13.2 Å². The van der Waals surface area contributed by atoms with Crippen molar-refractivity contribution in [1.82, 2.24) is 5.48 Å². The monoisotopic (exact) mass is 277 g/mol. The van der Waals surface area contributed by atoms with Gasteiger partial charge in [-0.25, -0.2) is 13.9 Å². The van der Waals surface area contributed by atoms with Crippen LogP contribution in [0, 0.1) is 0 Å². The molecule has 0 saturated carbocycles. The molecule has 0 atom stereocenters. The number of hydrogen-bond donors (Lipinski definition) is 2. The SMILES string of the molecule is O=S(=O)(c1ccc(CNO)cc1Cl)C1COC1. The summed E-state index contributed by atoms with van der Waals surface area (Å²) >= 11 is 5.95. The van der Waals surface area contributed by atoms with Gasteiger partial charge in [0, 0.05) is 6.54 Å². The van der Waals surface area contributed by atoms with Crippen molar-refractivity contribution >= 4 is 21.4 Å². The second kappa shape index (κ2) is 4.91. The van der Waals surface area contributed by atoms with Gasteiger partial charge in [0.2, 0.25) is 0 Å². The van der Waals surface area contributed by atoms with Crippen LogP contribution in [0.2, 0.25) is 5.02 Å². The Kier molecular flexibility index (Phi) is 3.70. The lowest BCUT2D eigenvalue weighted by Gasteiger charge is -2.26. The number of nitrogens with one attached hydrogen (secondary N) is 1. The average molecular weight is 278 g/mol. The number of hydroxylamine groups is 1. The molecule has 17 heavy (non-hydrogen) atoms. The van der Waals surface area contributed by atoms with E-state index in [1.165, 1.54) is 12.1 Å². The van der Waals surface area contributed by atoms with Gasteiger partial charge in [-0.15, -0.1) is 0 Å². The van der Waals surface area contributed by atoms with Crippen LogP contribution in [0.3, 0.4) is 0 Å². The third kappa shape index (κ3) is 2.46. The molecule has 0 bridgehead atoms. The van der Waals surface area contributed by atoms with Crippen molar-refractivity contribution in [3.63, 3.8) is 0 Å². The molecular formula is C10H12ClNO4S. The van der Waals surface area contributed by atoms with Gasteiger partial charge >= 0.3 is 0 Å². The fourth-order valence-corrected chi connectivity index (χ4v) is 3.57. The fraction of sp³-hybridized carbons (Fsp3) is 0.400. The van der Waals surface area contributed by atoms with Crippen LogP contribution in [0.15, 0.2) is 23.1 Å². The molecule has 1 aromatic rings. The van der Waals surface area contributed by atoms with E-state index in [2.05, 4.69) is 0 Å². The maximum atomic E-state index is 12.1. The van der Waals surface area contributed by atoms with Crippen molar-refractivity contribution in [2.45, 2.75) is 16.7 Å². The lowest BCUT2D eigenvalue weighted by atomic mass is 10.2. The highest BCUT2D eigenvalue weighted by Crippen LogP contribution is 2.28. The second-order valence-electron chi connectivity index (χ2n) is 3.80. The summed E-state index contributed by atoms with van der Waals surface area (Å²) in [7, 11) is -3.40. The Labute approximate surface area is 104 Å². The smallest absolute Gasteiger partial charge is 0.187 e. The number of rotatable bonds is 4. The van der Waals surface area contributed by atoms with E-state index < -0.39 is 15.1 Å². The van der Waals surface area contributed by atoms with Crippen molar-refractivity contribution in [2.24, 2.45) is 0 Å². The van der Waals surface area contributed by atoms with Gasteiger partial charge in [-0.2, -0.15) is 0 Å². The van der Waals surface area contributed by atoms with Crippen molar-refractivity contribution < 1.29 is 18.4 Å². The molecule has 2 N–H and O–H groups in total. The predicted molar refractivity (Wildman–Crippen MR) is 61.9 cm³/mol. The van der Waals surface area contributed by atoms with Crippen molar-refractivity contribution in [3.8, 4) is 0 Å². The first-order chi connectivity index (χ1) is 8.05. The molecule has 94 valence electrons. The molecule has 5 nitrogen and oxygen atoms in total. The van der Waals surface area contributed by atoms with E-state index in [0.717, 1.165) is 0 Å². The van der Waals surface area contributed by atoms with E-state index in [1.807, 2.05) is 5.48 Å². The summed E-state index contributed by atoms with van der Waals surface area (Å²) in [4.78, 5) is 0.120. The zero-order valence-electron chi connectivity index (χ0n) is 8.89. The molecule has 1 aliphatic heterocycles. The molecular weight excluding hydrogens is 266 g/mol. The summed E-state index contributed by atoms with van der Waals surface area (Å²) in [5.74, 6) is 0. The number of benzene rings is 1. The highest BCUT2D eigenvalue weighted by atomic mass is 35.5. The molecule has 1 saturated heterocycles. The summed E-state index contributed by atoms with van der Waals surface area (Å²) in [6.45, 7) is 0.657. The second-order valence-corrected chi connectivity index (χ2v) is 6.41.